The predicted octanol–water partition coefficient (Wildman–Crippen LogP) is 2.26. The molecule has 0 saturated carbocycles. The molecule has 2 aromatic rings. The van der Waals surface area contributed by atoms with Gasteiger partial charge in [0.15, 0.2) is 5.69 Å². The molecule has 0 aromatic carbocycles. The number of amides is 1. The van der Waals surface area contributed by atoms with Gasteiger partial charge < -0.3 is 10.1 Å². The highest BCUT2D eigenvalue weighted by atomic mass is 16.5. The topological polar surface area (TPSA) is 69.0 Å². The average molecular weight is 340 g/mol. The third-order valence-electron chi connectivity index (χ3n) is 5.27. The molecule has 1 aliphatic carbocycles. The van der Waals surface area contributed by atoms with Gasteiger partial charge in [-0.15, -0.1) is 0 Å². The zero-order chi connectivity index (χ0) is 17.6. The van der Waals surface area contributed by atoms with Crippen LogP contribution in [0.1, 0.15) is 64.8 Å². The van der Waals surface area contributed by atoms with Crippen LogP contribution in [0.25, 0.3) is 0 Å². The SMILES string of the molecule is C[C@@H]1Cc2c(C(=O)NCc3cncc4c3CCC4)nn(C)c2[C@H](C)O1. The molecule has 3 heterocycles. The monoisotopic (exact) mass is 340 g/mol. The Bertz CT molecular complexity index is 827. The van der Waals surface area contributed by atoms with E-state index in [1.54, 1.807) is 4.68 Å². The van der Waals surface area contributed by atoms with Gasteiger partial charge in [-0.05, 0) is 49.8 Å². The number of pyridine rings is 1. The van der Waals surface area contributed by atoms with Crippen molar-refractivity contribution in [2.45, 2.75) is 58.3 Å². The fourth-order valence-electron chi connectivity index (χ4n) is 4.20. The smallest absolute Gasteiger partial charge is 0.272 e. The lowest BCUT2D eigenvalue weighted by Gasteiger charge is -2.26. The summed E-state index contributed by atoms with van der Waals surface area (Å²) < 4.78 is 7.65. The van der Waals surface area contributed by atoms with Crippen molar-refractivity contribution in [3.05, 3.63) is 46.0 Å². The van der Waals surface area contributed by atoms with Crippen molar-refractivity contribution in [3.63, 3.8) is 0 Å². The molecule has 1 aliphatic heterocycles. The van der Waals surface area contributed by atoms with Crippen molar-refractivity contribution >= 4 is 5.91 Å². The molecular weight excluding hydrogens is 316 g/mol. The van der Waals surface area contributed by atoms with Gasteiger partial charge in [-0.2, -0.15) is 5.10 Å². The summed E-state index contributed by atoms with van der Waals surface area (Å²) in [6.07, 6.45) is 7.94. The van der Waals surface area contributed by atoms with E-state index >= 15 is 0 Å². The van der Waals surface area contributed by atoms with Crippen LogP contribution >= 0.6 is 0 Å². The summed E-state index contributed by atoms with van der Waals surface area (Å²) in [7, 11) is 1.87. The van der Waals surface area contributed by atoms with Crippen LogP contribution in [0.2, 0.25) is 0 Å². The van der Waals surface area contributed by atoms with Gasteiger partial charge in [0.25, 0.3) is 5.91 Å². The van der Waals surface area contributed by atoms with Gasteiger partial charge in [0.1, 0.15) is 0 Å². The van der Waals surface area contributed by atoms with E-state index in [9.17, 15) is 4.79 Å². The lowest BCUT2D eigenvalue weighted by Crippen LogP contribution is -2.27. The standard InChI is InChI=1S/C19H24N4O2/c1-11-7-16-17(22-23(3)18(16)12(2)25-11)19(24)21-10-14-9-20-8-13-5-4-6-15(13)14/h8-9,11-12H,4-7,10H2,1-3H3,(H,21,24)/t11-,12+/m1/s1. The number of aryl methyl sites for hydroxylation is 2. The van der Waals surface area contributed by atoms with E-state index in [1.165, 1.54) is 17.5 Å². The van der Waals surface area contributed by atoms with Crippen LogP contribution in [0.4, 0.5) is 0 Å². The number of carbonyl (C=O) groups is 1. The Morgan fingerprint density at radius 3 is 3.00 bits per heavy atom. The molecule has 2 aromatic heterocycles. The second-order valence-electron chi connectivity index (χ2n) is 7.10. The largest absolute Gasteiger partial charge is 0.369 e. The zero-order valence-electron chi connectivity index (χ0n) is 15.0. The van der Waals surface area contributed by atoms with Gasteiger partial charge in [0, 0.05) is 38.0 Å². The molecule has 6 heteroatoms. The highest BCUT2D eigenvalue weighted by Crippen LogP contribution is 2.31. The van der Waals surface area contributed by atoms with Crippen LogP contribution < -0.4 is 5.32 Å². The summed E-state index contributed by atoms with van der Waals surface area (Å²) in [6.45, 7) is 4.55. The van der Waals surface area contributed by atoms with E-state index in [-0.39, 0.29) is 18.1 Å². The van der Waals surface area contributed by atoms with Crippen molar-refractivity contribution in [1.29, 1.82) is 0 Å². The Morgan fingerprint density at radius 2 is 2.16 bits per heavy atom. The molecule has 4 rings (SSSR count). The highest BCUT2D eigenvalue weighted by molar-refractivity contribution is 5.94. The lowest BCUT2D eigenvalue weighted by molar-refractivity contribution is -0.00903. The summed E-state index contributed by atoms with van der Waals surface area (Å²) in [5.41, 5.74) is 6.35. The van der Waals surface area contributed by atoms with E-state index in [4.69, 9.17) is 4.74 Å². The molecule has 0 fully saturated rings. The number of ether oxygens (including phenoxy) is 1. The summed E-state index contributed by atoms with van der Waals surface area (Å²) in [5, 5.41) is 7.51. The molecule has 2 atom stereocenters. The number of nitrogens with one attached hydrogen (secondary N) is 1. The van der Waals surface area contributed by atoms with Crippen LogP contribution in [0.5, 0.6) is 0 Å². The summed E-state index contributed by atoms with van der Waals surface area (Å²) in [4.78, 5) is 17.1. The van der Waals surface area contributed by atoms with Crippen molar-refractivity contribution < 1.29 is 9.53 Å². The van der Waals surface area contributed by atoms with E-state index in [1.807, 2.05) is 33.3 Å². The van der Waals surface area contributed by atoms with Gasteiger partial charge in [-0.25, -0.2) is 0 Å². The van der Waals surface area contributed by atoms with E-state index < -0.39 is 0 Å². The van der Waals surface area contributed by atoms with Crippen LogP contribution in [-0.4, -0.2) is 26.8 Å². The van der Waals surface area contributed by atoms with Gasteiger partial charge in [-0.1, -0.05) is 0 Å². The zero-order valence-corrected chi connectivity index (χ0v) is 15.0. The fourth-order valence-corrected chi connectivity index (χ4v) is 4.20. The maximum atomic E-state index is 12.8. The quantitative estimate of drug-likeness (QED) is 0.930. The number of carbonyl (C=O) groups excluding carboxylic acids is 1. The Morgan fingerprint density at radius 1 is 1.32 bits per heavy atom. The minimum absolute atomic E-state index is 0.0422. The average Bonchev–Trinajstić information content (AvgIpc) is 3.17. The molecule has 0 unspecified atom stereocenters. The first-order valence-corrected chi connectivity index (χ1v) is 8.98. The maximum Gasteiger partial charge on any atom is 0.272 e. The predicted molar refractivity (Wildman–Crippen MR) is 93.3 cm³/mol. The third kappa shape index (κ3) is 2.84. The first-order chi connectivity index (χ1) is 12.0. The number of nitrogens with zero attached hydrogens (tertiary/aromatic N) is 3. The minimum atomic E-state index is -0.117. The molecule has 132 valence electrons. The summed E-state index contributed by atoms with van der Waals surface area (Å²) in [6, 6.07) is 0. The molecule has 0 bridgehead atoms. The van der Waals surface area contributed by atoms with E-state index in [2.05, 4.69) is 15.4 Å². The normalized spacial score (nSPS) is 21.7. The summed E-state index contributed by atoms with van der Waals surface area (Å²) >= 11 is 0. The Hall–Kier alpha value is -2.21. The molecule has 2 aliphatic rings. The van der Waals surface area contributed by atoms with Gasteiger partial charge >= 0.3 is 0 Å². The van der Waals surface area contributed by atoms with Crippen molar-refractivity contribution in [3.8, 4) is 0 Å². The highest BCUT2D eigenvalue weighted by Gasteiger charge is 2.31. The first-order valence-electron chi connectivity index (χ1n) is 8.98. The van der Waals surface area contributed by atoms with Crippen molar-refractivity contribution in [2.75, 3.05) is 0 Å². The summed E-state index contributed by atoms with van der Waals surface area (Å²) in [5.74, 6) is -0.117. The number of rotatable bonds is 3. The van der Waals surface area contributed by atoms with Gasteiger partial charge in [0.2, 0.25) is 0 Å². The molecule has 6 nitrogen and oxygen atoms in total. The number of hydrogen-bond acceptors (Lipinski definition) is 4. The Kier molecular flexibility index (Phi) is 4.07. The Balaban J connectivity index is 1.55. The van der Waals surface area contributed by atoms with Crippen molar-refractivity contribution in [1.82, 2.24) is 20.1 Å². The lowest BCUT2D eigenvalue weighted by atomic mass is 9.99. The second-order valence-corrected chi connectivity index (χ2v) is 7.10. The maximum absolute atomic E-state index is 12.8. The van der Waals surface area contributed by atoms with Gasteiger partial charge in [0.05, 0.1) is 17.9 Å². The molecule has 25 heavy (non-hydrogen) atoms. The second kappa shape index (κ2) is 6.26. The van der Waals surface area contributed by atoms with Crippen molar-refractivity contribution in [2.24, 2.45) is 7.05 Å². The number of fused-ring (bicyclic) bond motifs is 2. The van der Waals surface area contributed by atoms with Crippen LogP contribution in [-0.2, 0) is 37.6 Å². The fraction of sp³-hybridized carbons (Fsp3) is 0.526. The van der Waals surface area contributed by atoms with E-state index in [0.29, 0.717) is 12.2 Å². The number of hydrogen-bond donors (Lipinski definition) is 1. The molecule has 1 N–H and O–H groups in total. The Labute approximate surface area is 147 Å². The molecule has 0 saturated heterocycles. The van der Waals surface area contributed by atoms with Crippen LogP contribution in [0.3, 0.4) is 0 Å². The molecule has 0 radical (unpaired) electrons. The minimum Gasteiger partial charge on any atom is -0.369 e. The molecular formula is C19H24N4O2. The van der Waals surface area contributed by atoms with Gasteiger partial charge in [-0.3, -0.25) is 14.5 Å². The number of aromatic nitrogens is 3. The third-order valence-corrected chi connectivity index (χ3v) is 5.27. The van der Waals surface area contributed by atoms with Crippen LogP contribution in [0.15, 0.2) is 12.4 Å². The molecule has 1 amide bonds. The van der Waals surface area contributed by atoms with E-state index in [0.717, 1.165) is 36.1 Å². The molecule has 0 spiro atoms. The van der Waals surface area contributed by atoms with Crippen LogP contribution in [0, 0.1) is 0 Å². The first kappa shape index (κ1) is 16.3.